The van der Waals surface area contributed by atoms with Crippen molar-refractivity contribution in [2.24, 2.45) is 0 Å². The number of fused-ring (bicyclic) bond motifs is 1. The smallest absolute Gasteiger partial charge is 0.0901 e. The predicted molar refractivity (Wildman–Crippen MR) is 77.5 cm³/mol. The Labute approximate surface area is 118 Å². The van der Waals surface area contributed by atoms with Crippen LogP contribution in [-0.2, 0) is 10.7 Å². The molecule has 0 bridgehead atoms. The molecular weight excluding hydrogens is 435 g/mol. The van der Waals surface area contributed by atoms with E-state index in [-0.39, 0.29) is 0 Å². The van der Waals surface area contributed by atoms with Gasteiger partial charge >= 0.3 is 0 Å². The van der Waals surface area contributed by atoms with Crippen LogP contribution < -0.4 is 0 Å². The van der Waals surface area contributed by atoms with Crippen molar-refractivity contribution in [3.8, 4) is 0 Å². The number of rotatable bonds is 2. The van der Waals surface area contributed by atoms with Gasteiger partial charge in [-0.2, -0.15) is 0 Å². The topological polar surface area (TPSA) is 25.8 Å². The third-order valence-electron chi connectivity index (χ3n) is 2.03. The van der Waals surface area contributed by atoms with Crippen LogP contribution in [0.25, 0.3) is 11.0 Å². The summed E-state index contributed by atoms with van der Waals surface area (Å²) in [5.74, 6) is 0. The van der Waals surface area contributed by atoms with E-state index in [2.05, 4.69) is 64.4 Å². The summed E-state index contributed by atoms with van der Waals surface area (Å²) in [4.78, 5) is 9.14. The Morgan fingerprint density at radius 2 is 1.60 bits per heavy atom. The van der Waals surface area contributed by atoms with E-state index >= 15 is 0 Å². The molecule has 0 aliphatic carbocycles. The van der Waals surface area contributed by atoms with Crippen molar-refractivity contribution < 1.29 is 0 Å². The highest BCUT2D eigenvalue weighted by Crippen LogP contribution is 2.19. The van der Waals surface area contributed by atoms with Gasteiger partial charge in [0.1, 0.15) is 0 Å². The maximum absolute atomic E-state index is 4.58. The zero-order valence-corrected chi connectivity index (χ0v) is 13.0. The van der Waals surface area contributed by atoms with Crippen LogP contribution in [0.5, 0.6) is 0 Å². The molecule has 0 N–H and O–H groups in total. The zero-order valence-electron chi connectivity index (χ0n) is 7.67. The highest BCUT2D eigenvalue weighted by molar-refractivity contribution is 14.1. The minimum atomic E-state index is 0.738. The van der Waals surface area contributed by atoms with Crippen LogP contribution in [0.4, 0.5) is 0 Å². The van der Waals surface area contributed by atoms with Crippen molar-refractivity contribution in [2.75, 3.05) is 0 Å². The number of nitrogens with zero attached hydrogens (tertiary/aromatic N) is 2. The number of benzene rings is 1. The standard InChI is InChI=1S/C10H7Br2IN2/c11-4-9-10(5-12)15-8-3-6(13)1-2-7(8)14-9/h1-3H,4-5H2. The summed E-state index contributed by atoms with van der Waals surface area (Å²) in [7, 11) is 0. The van der Waals surface area contributed by atoms with Crippen molar-refractivity contribution in [2.45, 2.75) is 10.7 Å². The van der Waals surface area contributed by atoms with Crippen LogP contribution >= 0.6 is 54.5 Å². The largest absolute Gasteiger partial charge is 0.248 e. The average molecular weight is 442 g/mol. The third-order valence-corrected chi connectivity index (χ3v) is 3.77. The fraction of sp³-hybridized carbons (Fsp3) is 0.200. The maximum atomic E-state index is 4.58. The van der Waals surface area contributed by atoms with Crippen molar-refractivity contribution in [3.05, 3.63) is 33.2 Å². The molecule has 78 valence electrons. The minimum absolute atomic E-state index is 0.738. The Bertz CT molecular complexity index is 502. The molecule has 2 rings (SSSR count). The summed E-state index contributed by atoms with van der Waals surface area (Å²) in [6.07, 6.45) is 0. The second-order valence-corrected chi connectivity index (χ2v) is 5.38. The Hall–Kier alpha value is 0.250. The highest BCUT2D eigenvalue weighted by Gasteiger charge is 2.06. The molecule has 0 amide bonds. The summed E-state index contributed by atoms with van der Waals surface area (Å²) in [5, 5.41) is 1.48. The van der Waals surface area contributed by atoms with E-state index in [0.717, 1.165) is 33.1 Å². The van der Waals surface area contributed by atoms with Crippen molar-refractivity contribution >= 4 is 65.5 Å². The zero-order chi connectivity index (χ0) is 10.8. The lowest BCUT2D eigenvalue weighted by molar-refractivity contribution is 1.08. The van der Waals surface area contributed by atoms with Gasteiger partial charge < -0.3 is 0 Å². The quantitative estimate of drug-likeness (QED) is 0.519. The second kappa shape index (κ2) is 5.05. The van der Waals surface area contributed by atoms with E-state index in [1.165, 1.54) is 3.57 Å². The molecule has 0 saturated heterocycles. The van der Waals surface area contributed by atoms with Gasteiger partial charge in [-0.25, -0.2) is 9.97 Å². The fourth-order valence-electron chi connectivity index (χ4n) is 1.31. The summed E-state index contributed by atoms with van der Waals surface area (Å²) in [6, 6.07) is 6.10. The van der Waals surface area contributed by atoms with E-state index in [1.54, 1.807) is 0 Å². The molecule has 2 nitrogen and oxygen atoms in total. The number of alkyl halides is 2. The van der Waals surface area contributed by atoms with Crippen LogP contribution in [0.1, 0.15) is 11.4 Å². The number of halogens is 3. The van der Waals surface area contributed by atoms with Gasteiger partial charge in [-0.1, -0.05) is 31.9 Å². The van der Waals surface area contributed by atoms with E-state index in [0.29, 0.717) is 0 Å². The van der Waals surface area contributed by atoms with Crippen LogP contribution in [0.15, 0.2) is 18.2 Å². The molecule has 15 heavy (non-hydrogen) atoms. The van der Waals surface area contributed by atoms with Gasteiger partial charge in [-0.05, 0) is 40.8 Å². The first-order chi connectivity index (χ1) is 7.24. The monoisotopic (exact) mass is 440 g/mol. The Morgan fingerprint density at radius 3 is 2.20 bits per heavy atom. The lowest BCUT2D eigenvalue weighted by Gasteiger charge is -2.05. The van der Waals surface area contributed by atoms with Crippen LogP contribution in [0.3, 0.4) is 0 Å². The first-order valence-electron chi connectivity index (χ1n) is 4.31. The lowest BCUT2D eigenvalue weighted by Crippen LogP contribution is -1.98. The molecular formula is C10H7Br2IN2. The molecule has 0 atom stereocenters. The summed E-state index contributed by atoms with van der Waals surface area (Å²) in [5.41, 5.74) is 3.91. The van der Waals surface area contributed by atoms with Crippen molar-refractivity contribution in [3.63, 3.8) is 0 Å². The molecule has 2 aromatic rings. The molecule has 0 fully saturated rings. The average Bonchev–Trinajstić information content (AvgIpc) is 2.27. The molecule has 0 spiro atoms. The van der Waals surface area contributed by atoms with Crippen molar-refractivity contribution in [1.29, 1.82) is 0 Å². The van der Waals surface area contributed by atoms with Gasteiger partial charge in [0, 0.05) is 14.2 Å². The molecule has 0 saturated carbocycles. The Balaban J connectivity index is 2.69. The molecule has 0 aliphatic heterocycles. The summed E-state index contributed by atoms with van der Waals surface area (Å²) in [6.45, 7) is 0. The molecule has 5 heteroatoms. The van der Waals surface area contributed by atoms with Crippen molar-refractivity contribution in [1.82, 2.24) is 9.97 Å². The fourth-order valence-corrected chi connectivity index (χ4v) is 2.69. The number of hydrogen-bond acceptors (Lipinski definition) is 2. The summed E-state index contributed by atoms with van der Waals surface area (Å²) >= 11 is 9.13. The highest BCUT2D eigenvalue weighted by atomic mass is 127. The SMILES string of the molecule is BrCc1nc2ccc(I)cc2nc1CBr. The number of hydrogen-bond donors (Lipinski definition) is 0. The first-order valence-corrected chi connectivity index (χ1v) is 7.63. The van der Waals surface area contributed by atoms with Gasteiger partial charge in [0.25, 0.3) is 0 Å². The second-order valence-electron chi connectivity index (χ2n) is 3.02. The van der Waals surface area contributed by atoms with Gasteiger partial charge in [-0.3, -0.25) is 0 Å². The molecule has 1 aromatic carbocycles. The third kappa shape index (κ3) is 2.50. The molecule has 0 aliphatic rings. The molecule has 0 radical (unpaired) electrons. The Morgan fingerprint density at radius 1 is 1.00 bits per heavy atom. The molecule has 1 aromatic heterocycles. The Kier molecular flexibility index (Phi) is 3.95. The van der Waals surface area contributed by atoms with Crippen LogP contribution in [0, 0.1) is 3.57 Å². The lowest BCUT2D eigenvalue weighted by atomic mass is 10.2. The normalized spacial score (nSPS) is 10.9. The molecule has 0 unspecified atom stereocenters. The minimum Gasteiger partial charge on any atom is -0.248 e. The van der Waals surface area contributed by atoms with Gasteiger partial charge in [-0.15, -0.1) is 0 Å². The van der Waals surface area contributed by atoms with Gasteiger partial charge in [0.2, 0.25) is 0 Å². The van der Waals surface area contributed by atoms with E-state index in [9.17, 15) is 0 Å². The molecule has 1 heterocycles. The van der Waals surface area contributed by atoms with E-state index in [1.807, 2.05) is 18.2 Å². The predicted octanol–water partition coefficient (Wildman–Crippen LogP) is 4.02. The number of aromatic nitrogens is 2. The van der Waals surface area contributed by atoms with Crippen LogP contribution in [-0.4, -0.2) is 9.97 Å². The van der Waals surface area contributed by atoms with E-state index in [4.69, 9.17) is 0 Å². The first kappa shape index (κ1) is 11.7. The maximum Gasteiger partial charge on any atom is 0.0901 e. The van der Waals surface area contributed by atoms with Gasteiger partial charge in [0.15, 0.2) is 0 Å². The van der Waals surface area contributed by atoms with E-state index < -0.39 is 0 Å². The van der Waals surface area contributed by atoms with Crippen LogP contribution in [0.2, 0.25) is 0 Å². The summed E-state index contributed by atoms with van der Waals surface area (Å²) < 4.78 is 1.18. The van der Waals surface area contributed by atoms with Gasteiger partial charge in [0.05, 0.1) is 22.4 Å².